The Bertz CT molecular complexity index is 441. The SMILES string of the molecule is CCCNC(C)c1csc(NC(=O)N2CCCCCC2)n1. The fourth-order valence-electron chi connectivity index (χ4n) is 2.45. The van der Waals surface area contributed by atoms with Gasteiger partial charge in [-0.3, -0.25) is 5.32 Å². The van der Waals surface area contributed by atoms with E-state index in [-0.39, 0.29) is 12.1 Å². The van der Waals surface area contributed by atoms with Gasteiger partial charge in [-0.15, -0.1) is 11.3 Å². The van der Waals surface area contributed by atoms with Crippen molar-refractivity contribution >= 4 is 22.5 Å². The summed E-state index contributed by atoms with van der Waals surface area (Å²) < 4.78 is 0. The topological polar surface area (TPSA) is 57.3 Å². The van der Waals surface area contributed by atoms with E-state index in [4.69, 9.17) is 0 Å². The number of amides is 2. The zero-order valence-electron chi connectivity index (χ0n) is 13.0. The number of carbonyl (C=O) groups is 1. The lowest BCUT2D eigenvalue weighted by Crippen LogP contribution is -2.35. The molecule has 2 N–H and O–H groups in total. The predicted octanol–water partition coefficient (Wildman–Crippen LogP) is 3.61. The molecule has 1 aromatic rings. The Morgan fingerprint density at radius 3 is 2.76 bits per heavy atom. The van der Waals surface area contributed by atoms with E-state index in [1.165, 1.54) is 24.2 Å². The Morgan fingerprint density at radius 2 is 2.10 bits per heavy atom. The second-order valence-corrected chi connectivity index (χ2v) is 6.44. The maximum Gasteiger partial charge on any atom is 0.323 e. The molecule has 1 fully saturated rings. The molecule has 1 unspecified atom stereocenters. The summed E-state index contributed by atoms with van der Waals surface area (Å²) in [5.41, 5.74) is 1.000. The Morgan fingerprint density at radius 1 is 1.38 bits per heavy atom. The van der Waals surface area contributed by atoms with Gasteiger partial charge in [0.2, 0.25) is 0 Å². The molecule has 0 bridgehead atoms. The number of nitrogens with zero attached hydrogens (tertiary/aromatic N) is 2. The van der Waals surface area contributed by atoms with E-state index in [2.05, 4.69) is 29.5 Å². The standard InChI is InChI=1S/C15H26N4OS/c1-3-8-16-12(2)13-11-21-14(17-13)18-15(20)19-9-6-4-5-7-10-19/h11-12,16H,3-10H2,1-2H3,(H,17,18,20). The van der Waals surface area contributed by atoms with Gasteiger partial charge in [-0.1, -0.05) is 19.8 Å². The van der Waals surface area contributed by atoms with Crippen LogP contribution in [0.1, 0.15) is 57.7 Å². The molecular weight excluding hydrogens is 284 g/mol. The number of anilines is 1. The molecule has 0 aromatic carbocycles. The molecule has 118 valence electrons. The normalized spacial score (nSPS) is 17.3. The molecule has 1 aliphatic heterocycles. The second-order valence-electron chi connectivity index (χ2n) is 5.58. The minimum absolute atomic E-state index is 0.00743. The van der Waals surface area contributed by atoms with Crippen LogP contribution in [0.4, 0.5) is 9.93 Å². The van der Waals surface area contributed by atoms with E-state index in [0.29, 0.717) is 5.13 Å². The molecule has 0 spiro atoms. The van der Waals surface area contributed by atoms with Gasteiger partial charge >= 0.3 is 6.03 Å². The quantitative estimate of drug-likeness (QED) is 0.873. The van der Waals surface area contributed by atoms with Crippen molar-refractivity contribution in [1.29, 1.82) is 0 Å². The Hall–Kier alpha value is -1.14. The van der Waals surface area contributed by atoms with E-state index in [1.807, 2.05) is 10.3 Å². The fourth-order valence-corrected chi connectivity index (χ4v) is 3.25. The number of urea groups is 1. The molecule has 2 rings (SSSR count). The summed E-state index contributed by atoms with van der Waals surface area (Å²) in [6.45, 7) is 6.95. The van der Waals surface area contributed by atoms with Crippen LogP contribution in [-0.4, -0.2) is 35.5 Å². The summed E-state index contributed by atoms with van der Waals surface area (Å²) >= 11 is 1.50. The van der Waals surface area contributed by atoms with Crippen LogP contribution in [0.3, 0.4) is 0 Å². The van der Waals surface area contributed by atoms with Crippen molar-refractivity contribution in [3.63, 3.8) is 0 Å². The van der Waals surface area contributed by atoms with E-state index in [0.717, 1.165) is 44.6 Å². The van der Waals surface area contributed by atoms with Crippen molar-refractivity contribution < 1.29 is 4.79 Å². The monoisotopic (exact) mass is 310 g/mol. The molecular formula is C15H26N4OS. The smallest absolute Gasteiger partial charge is 0.323 e. The highest BCUT2D eigenvalue weighted by molar-refractivity contribution is 7.13. The van der Waals surface area contributed by atoms with Gasteiger partial charge in [0.05, 0.1) is 5.69 Å². The summed E-state index contributed by atoms with van der Waals surface area (Å²) in [5.74, 6) is 0. The maximum absolute atomic E-state index is 12.2. The van der Waals surface area contributed by atoms with Crippen molar-refractivity contribution in [3.05, 3.63) is 11.1 Å². The molecule has 1 atom stereocenters. The van der Waals surface area contributed by atoms with Gasteiger partial charge in [0.1, 0.15) is 0 Å². The average molecular weight is 310 g/mol. The van der Waals surface area contributed by atoms with Crippen molar-refractivity contribution in [3.8, 4) is 0 Å². The molecule has 2 heterocycles. The van der Waals surface area contributed by atoms with Crippen LogP contribution in [0.15, 0.2) is 5.38 Å². The Balaban J connectivity index is 1.87. The van der Waals surface area contributed by atoms with Crippen LogP contribution in [0.5, 0.6) is 0 Å². The Kier molecular flexibility index (Phi) is 6.45. The van der Waals surface area contributed by atoms with E-state index >= 15 is 0 Å². The molecule has 2 amide bonds. The van der Waals surface area contributed by atoms with Gasteiger partial charge in [0.15, 0.2) is 5.13 Å². The Labute approximate surface area is 131 Å². The van der Waals surface area contributed by atoms with Crippen LogP contribution in [0.25, 0.3) is 0 Å². The lowest BCUT2D eigenvalue weighted by molar-refractivity contribution is 0.214. The third-order valence-electron chi connectivity index (χ3n) is 3.77. The van der Waals surface area contributed by atoms with Gasteiger partial charge in [0, 0.05) is 24.5 Å². The van der Waals surface area contributed by atoms with Gasteiger partial charge in [-0.2, -0.15) is 0 Å². The number of likely N-dealkylation sites (tertiary alicyclic amines) is 1. The summed E-state index contributed by atoms with van der Waals surface area (Å²) in [6.07, 6.45) is 5.77. The molecule has 1 aromatic heterocycles. The highest BCUT2D eigenvalue weighted by Crippen LogP contribution is 2.21. The number of rotatable bonds is 5. The van der Waals surface area contributed by atoms with Gasteiger partial charge in [0.25, 0.3) is 0 Å². The number of nitrogens with one attached hydrogen (secondary N) is 2. The third kappa shape index (κ3) is 4.97. The number of carbonyl (C=O) groups excluding carboxylic acids is 1. The van der Waals surface area contributed by atoms with Crippen molar-refractivity contribution in [1.82, 2.24) is 15.2 Å². The summed E-state index contributed by atoms with van der Waals surface area (Å²) in [5, 5.41) is 9.06. The highest BCUT2D eigenvalue weighted by atomic mass is 32.1. The number of aromatic nitrogens is 1. The maximum atomic E-state index is 12.2. The molecule has 0 radical (unpaired) electrons. The highest BCUT2D eigenvalue weighted by Gasteiger charge is 2.17. The summed E-state index contributed by atoms with van der Waals surface area (Å²) in [7, 11) is 0. The lowest BCUT2D eigenvalue weighted by Gasteiger charge is -2.19. The van der Waals surface area contributed by atoms with E-state index < -0.39 is 0 Å². The fraction of sp³-hybridized carbons (Fsp3) is 0.733. The zero-order chi connectivity index (χ0) is 15.1. The summed E-state index contributed by atoms with van der Waals surface area (Å²) in [4.78, 5) is 18.7. The molecule has 1 aliphatic rings. The number of thiazole rings is 1. The lowest BCUT2D eigenvalue weighted by atomic mass is 10.2. The zero-order valence-corrected chi connectivity index (χ0v) is 13.8. The second kappa shape index (κ2) is 8.34. The molecule has 6 heteroatoms. The minimum Gasteiger partial charge on any atom is -0.324 e. The first kappa shape index (κ1) is 16.2. The van der Waals surface area contributed by atoms with E-state index in [1.54, 1.807) is 0 Å². The van der Waals surface area contributed by atoms with Crippen molar-refractivity contribution in [2.75, 3.05) is 25.0 Å². The van der Waals surface area contributed by atoms with Gasteiger partial charge in [-0.05, 0) is 32.7 Å². The first-order chi connectivity index (χ1) is 10.2. The van der Waals surface area contributed by atoms with Gasteiger partial charge < -0.3 is 10.2 Å². The van der Waals surface area contributed by atoms with Crippen molar-refractivity contribution in [2.45, 2.75) is 52.0 Å². The molecule has 0 saturated carbocycles. The predicted molar refractivity (Wildman–Crippen MR) is 87.9 cm³/mol. The largest absolute Gasteiger partial charge is 0.324 e. The van der Waals surface area contributed by atoms with Crippen LogP contribution < -0.4 is 10.6 Å². The molecule has 5 nitrogen and oxygen atoms in total. The molecule has 1 saturated heterocycles. The van der Waals surface area contributed by atoms with Crippen LogP contribution in [0.2, 0.25) is 0 Å². The average Bonchev–Trinajstić information content (AvgIpc) is 2.77. The molecule has 21 heavy (non-hydrogen) atoms. The minimum atomic E-state index is -0.00743. The first-order valence-electron chi connectivity index (χ1n) is 7.95. The van der Waals surface area contributed by atoms with Crippen LogP contribution in [-0.2, 0) is 0 Å². The number of hydrogen-bond donors (Lipinski definition) is 2. The first-order valence-corrected chi connectivity index (χ1v) is 8.83. The summed E-state index contributed by atoms with van der Waals surface area (Å²) in [6, 6.07) is 0.219. The molecule has 0 aliphatic carbocycles. The van der Waals surface area contributed by atoms with Crippen LogP contribution >= 0.6 is 11.3 Å². The van der Waals surface area contributed by atoms with Crippen molar-refractivity contribution in [2.24, 2.45) is 0 Å². The number of hydrogen-bond acceptors (Lipinski definition) is 4. The van der Waals surface area contributed by atoms with Crippen LogP contribution in [0, 0.1) is 0 Å². The third-order valence-corrected chi connectivity index (χ3v) is 4.55. The van der Waals surface area contributed by atoms with Gasteiger partial charge in [-0.25, -0.2) is 9.78 Å². The van der Waals surface area contributed by atoms with E-state index in [9.17, 15) is 4.79 Å².